The minimum atomic E-state index is -2.03. The van der Waals surface area contributed by atoms with E-state index in [4.69, 9.17) is 38.9 Å². The van der Waals surface area contributed by atoms with Gasteiger partial charge in [0, 0.05) is 82.5 Å². The molecule has 20 atom stereocenters. The van der Waals surface area contributed by atoms with Crippen LogP contribution in [0.4, 0.5) is 10.3 Å². The number of alkyl halides is 2. The van der Waals surface area contributed by atoms with E-state index >= 15 is 0 Å². The smallest absolute Gasteiger partial charge is 0.310 e. The van der Waals surface area contributed by atoms with Gasteiger partial charge >= 0.3 is 5.97 Å². The molecule has 21 heteroatoms. The molecule has 7 N–H and O–H groups in total. The molecule has 0 spiro atoms. The minimum Gasteiger partial charge on any atom is -0.448 e. The van der Waals surface area contributed by atoms with Crippen molar-refractivity contribution in [3.05, 3.63) is 42.2 Å². The molecule has 2 aromatic rings. The molecule has 3 saturated heterocycles. The molecule has 73 heavy (non-hydrogen) atoms. The Morgan fingerprint density at radius 1 is 0.932 bits per heavy atom. The van der Waals surface area contributed by atoms with Crippen LogP contribution in [0.15, 0.2) is 36.7 Å². The third kappa shape index (κ3) is 13.7. The summed E-state index contributed by atoms with van der Waals surface area (Å²) < 4.78 is 57.4. The number of Topliss-reactive ketones (excluding diaryl/α,β-unsaturated/α-hetero) is 1. The van der Waals surface area contributed by atoms with Gasteiger partial charge in [-0.1, -0.05) is 52.0 Å². The van der Waals surface area contributed by atoms with Gasteiger partial charge in [0.1, 0.15) is 36.4 Å². The van der Waals surface area contributed by atoms with E-state index in [2.05, 4.69) is 15.3 Å². The highest BCUT2D eigenvalue weighted by Crippen LogP contribution is 2.46. The summed E-state index contributed by atoms with van der Waals surface area (Å²) in [6.45, 7) is 14.5. The highest BCUT2D eigenvalue weighted by molar-refractivity contribution is 14.1. The van der Waals surface area contributed by atoms with Crippen molar-refractivity contribution in [2.45, 2.75) is 176 Å². The number of halogens is 2. The number of ketones is 1. The first kappa shape index (κ1) is 60.8. The number of aromatic nitrogens is 2. The molecule has 0 saturated carbocycles. The number of ether oxygens (including phenoxy) is 7. The van der Waals surface area contributed by atoms with Crippen LogP contribution in [0.3, 0.4) is 0 Å². The number of carbonyl (C=O) groups excluding carboxylic acids is 3. The largest absolute Gasteiger partial charge is 0.448 e. The van der Waals surface area contributed by atoms with Crippen LogP contribution in [0.25, 0.3) is 11.1 Å². The average molecular weight is 1150 g/mol. The average Bonchev–Trinajstić information content (AvgIpc) is 3.36. The number of aliphatic hydroxyl groups is 4. The molecule has 3 aliphatic rings. The fraction of sp³-hybridized carbons (Fsp3) is 0.750. The van der Waals surface area contributed by atoms with Gasteiger partial charge in [0.25, 0.3) is 0 Å². The summed E-state index contributed by atoms with van der Waals surface area (Å²) in [5.74, 6) is -5.73. The number of benzene rings is 1. The molecular formula is C52H81FIN5O14. The summed E-state index contributed by atoms with van der Waals surface area (Å²) in [6.07, 6.45) is -5.42. The Morgan fingerprint density at radius 3 is 2.12 bits per heavy atom. The number of methoxy groups -OCH3 is 3. The van der Waals surface area contributed by atoms with E-state index in [-0.39, 0.29) is 37.5 Å². The molecule has 0 bridgehead atoms. The number of nitrogens with one attached hydrogen (secondary N) is 1. The third-order valence-corrected chi connectivity index (χ3v) is 17.5. The van der Waals surface area contributed by atoms with Gasteiger partial charge in [0.05, 0.1) is 53.7 Å². The lowest BCUT2D eigenvalue weighted by molar-refractivity contribution is -0.305. The Morgan fingerprint density at radius 2 is 1.55 bits per heavy atom. The van der Waals surface area contributed by atoms with Crippen LogP contribution in [-0.4, -0.2) is 177 Å². The summed E-state index contributed by atoms with van der Waals surface area (Å²) in [7, 11) is 6.19. The zero-order valence-electron chi connectivity index (χ0n) is 44.6. The van der Waals surface area contributed by atoms with Gasteiger partial charge in [-0.05, 0) is 94.1 Å². The highest BCUT2D eigenvalue weighted by atomic mass is 127. The number of anilines is 1. The highest BCUT2D eigenvalue weighted by Gasteiger charge is 2.56. The predicted octanol–water partition coefficient (Wildman–Crippen LogP) is 4.34. The van der Waals surface area contributed by atoms with Crippen molar-refractivity contribution in [2.75, 3.05) is 47.3 Å². The zero-order valence-corrected chi connectivity index (χ0v) is 46.7. The fourth-order valence-corrected chi connectivity index (χ4v) is 11.9. The standard InChI is InChI=1S/C52H81FIN5O14/c1-26-21-51(8,69-13)45(28(3)39(37-22-50(7,68-12)44(64)31(6)71-37)29(4)46(65)73-48(54)52(9,66)43(63)30(5)40(26)61)72-47-41(62)36(20-27(2)70-47)59(10)19-18-38(60)58-35(23-53)42(67-11)33-16-14-32(15-17-33)34-24-56-49(55)57-25-34/h14-17,24-31,35-37,39,41-45,47-48,62-64,66H,18-23H2,1-13H3,(H,58,60)(H2,55,56,57)/t26-,27-,28+,29-,30+,31+,35-,36+,37-,39?,41-,42-,43-,44+,45-,47+,48+,50-,51-,52+/m1/s1. The summed E-state index contributed by atoms with van der Waals surface area (Å²) >= 11 is 1.76. The molecule has 1 aromatic heterocycles. The van der Waals surface area contributed by atoms with Crippen LogP contribution < -0.4 is 11.1 Å². The monoisotopic (exact) mass is 1150 g/mol. The lowest BCUT2D eigenvalue weighted by atomic mass is 9.68. The molecule has 4 heterocycles. The van der Waals surface area contributed by atoms with E-state index in [1.165, 1.54) is 35.2 Å². The first-order valence-corrected chi connectivity index (χ1v) is 26.4. The quantitative estimate of drug-likeness (QED) is 0.0823. The summed E-state index contributed by atoms with van der Waals surface area (Å²) in [5.41, 5.74) is 3.35. The van der Waals surface area contributed by atoms with E-state index in [1.54, 1.807) is 88.8 Å². The number of hydrogen-bond donors (Lipinski definition) is 6. The van der Waals surface area contributed by atoms with Crippen molar-refractivity contribution in [1.29, 1.82) is 0 Å². The Balaban J connectivity index is 1.42. The number of rotatable bonds is 15. The number of carbonyl (C=O) groups is 3. The Labute approximate surface area is 443 Å². The van der Waals surface area contributed by atoms with Crippen LogP contribution >= 0.6 is 22.6 Å². The molecule has 0 aliphatic carbocycles. The first-order chi connectivity index (χ1) is 34.2. The van der Waals surface area contributed by atoms with Crippen molar-refractivity contribution in [3.63, 3.8) is 0 Å². The second kappa shape index (κ2) is 25.4. The Hall–Kier alpha value is -3.07. The van der Waals surface area contributed by atoms with Crippen molar-refractivity contribution >= 4 is 46.2 Å². The number of likely N-dealkylation sites (N-methyl/N-ethyl adjacent to an activating group) is 1. The van der Waals surface area contributed by atoms with Crippen molar-refractivity contribution in [1.82, 2.24) is 20.2 Å². The summed E-state index contributed by atoms with van der Waals surface area (Å²) in [5, 5.41) is 49.5. The topological polar surface area (TPSA) is 264 Å². The fourth-order valence-electron chi connectivity index (χ4n) is 11.3. The molecular weight excluding hydrogens is 1060 g/mol. The van der Waals surface area contributed by atoms with Crippen LogP contribution in [0.5, 0.6) is 0 Å². The van der Waals surface area contributed by atoms with Crippen LogP contribution in [0.1, 0.15) is 99.7 Å². The number of nitrogens with zero attached hydrogens (tertiary/aromatic N) is 3. The molecule has 412 valence electrons. The third-order valence-electron chi connectivity index (χ3n) is 16.0. The zero-order chi connectivity index (χ0) is 54.5. The first-order valence-electron chi connectivity index (χ1n) is 25.2. The number of esters is 1. The van der Waals surface area contributed by atoms with Gasteiger partial charge < -0.3 is 69.5 Å². The molecule has 19 nitrogen and oxygen atoms in total. The Kier molecular flexibility index (Phi) is 21.1. The SMILES string of the molecule is CO[C@H](c1ccc(-c2cnc(N)nc2)cc1)[C@@H](CF)NC(=O)CCN(C)[C@H]1C[C@@H](C)O[C@@H](O[C@@H]2[C@@H](C)C([C@H]3C[C@@](C)(OC)[C@@H](O)[C@H](C)O3)[C@@H](C)C(=O)O[C@H](I)[C@@](C)(O)[C@H](O)[C@@H](C)C(=O)[C@H](C)C[C@@]2(C)OC)[C@@H]1O. The number of cyclic esters (lactones) is 1. The van der Waals surface area contributed by atoms with Crippen LogP contribution in [0.2, 0.25) is 0 Å². The second-order valence-electron chi connectivity index (χ2n) is 21.3. The lowest BCUT2D eigenvalue weighted by Gasteiger charge is -2.52. The van der Waals surface area contributed by atoms with Gasteiger partial charge in [0.2, 0.25) is 11.9 Å². The van der Waals surface area contributed by atoms with E-state index < -0.39 is 136 Å². The van der Waals surface area contributed by atoms with Crippen LogP contribution in [-0.2, 0) is 47.5 Å². The van der Waals surface area contributed by atoms with Gasteiger partial charge in [0.15, 0.2) is 10.4 Å². The number of nitrogens with two attached hydrogens (primary N) is 1. The van der Waals surface area contributed by atoms with Crippen molar-refractivity contribution < 1.29 is 72.4 Å². The number of nitrogen functional groups attached to an aromatic ring is 1. The minimum absolute atomic E-state index is 0.0388. The van der Waals surface area contributed by atoms with E-state index in [1.807, 2.05) is 30.9 Å². The van der Waals surface area contributed by atoms with Gasteiger partial charge in [-0.25, -0.2) is 14.4 Å². The molecule has 0 radical (unpaired) electrons. The van der Waals surface area contributed by atoms with E-state index in [0.717, 1.165) is 11.1 Å². The normalized spacial score (nSPS) is 39.0. The van der Waals surface area contributed by atoms with E-state index in [0.29, 0.717) is 12.0 Å². The summed E-state index contributed by atoms with van der Waals surface area (Å²) in [4.78, 5) is 52.1. The molecule has 1 aromatic carbocycles. The number of aliphatic hydroxyl groups excluding tert-OH is 3. The van der Waals surface area contributed by atoms with Crippen molar-refractivity contribution in [2.24, 2.45) is 29.6 Å². The molecule has 3 fully saturated rings. The van der Waals surface area contributed by atoms with Gasteiger partial charge in [-0.3, -0.25) is 14.4 Å². The maximum Gasteiger partial charge on any atom is 0.310 e. The van der Waals surface area contributed by atoms with Gasteiger partial charge in [-0.15, -0.1) is 0 Å². The van der Waals surface area contributed by atoms with Gasteiger partial charge in [-0.2, -0.15) is 0 Å². The predicted molar refractivity (Wildman–Crippen MR) is 276 cm³/mol. The molecule has 1 unspecified atom stereocenters. The van der Waals surface area contributed by atoms with E-state index in [9.17, 15) is 39.2 Å². The summed E-state index contributed by atoms with van der Waals surface area (Å²) in [6, 6.07) is 5.61. The maximum atomic E-state index is 14.7. The second-order valence-corrected chi connectivity index (χ2v) is 22.5. The number of hydrogen-bond acceptors (Lipinski definition) is 18. The molecule has 1 amide bonds. The van der Waals surface area contributed by atoms with Crippen molar-refractivity contribution in [3.8, 4) is 11.1 Å². The van der Waals surface area contributed by atoms with Crippen LogP contribution in [0, 0.1) is 29.6 Å². The molecule has 3 aliphatic heterocycles. The number of amides is 1. The maximum absolute atomic E-state index is 14.7. The lowest BCUT2D eigenvalue weighted by Crippen LogP contribution is -2.62. The Bertz CT molecular complexity index is 2130. The molecule has 5 rings (SSSR count).